The van der Waals surface area contributed by atoms with Gasteiger partial charge in [0.05, 0.1) is 0 Å². The third-order valence-electron chi connectivity index (χ3n) is 3.59. The Morgan fingerprint density at radius 2 is 2.10 bits per heavy atom. The second kappa shape index (κ2) is 5.90. The number of carboxylic acids is 1. The van der Waals surface area contributed by atoms with E-state index in [4.69, 9.17) is 5.11 Å². The van der Waals surface area contributed by atoms with Gasteiger partial charge in [0.25, 0.3) is 5.56 Å². The van der Waals surface area contributed by atoms with Gasteiger partial charge >= 0.3 is 5.97 Å². The molecule has 1 fully saturated rings. The van der Waals surface area contributed by atoms with Crippen LogP contribution in [0, 0.1) is 6.92 Å². The van der Waals surface area contributed by atoms with Gasteiger partial charge in [-0.3, -0.25) is 9.59 Å². The number of likely N-dealkylation sites (tertiary alicyclic amines) is 1. The Hall–Kier alpha value is -2.11. The van der Waals surface area contributed by atoms with Crippen molar-refractivity contribution in [3.8, 4) is 0 Å². The van der Waals surface area contributed by atoms with Gasteiger partial charge in [0.15, 0.2) is 0 Å². The summed E-state index contributed by atoms with van der Waals surface area (Å²) in [6, 6.07) is 1.63. The molecule has 1 aliphatic heterocycles. The van der Waals surface area contributed by atoms with Gasteiger partial charge in [-0.1, -0.05) is 0 Å². The lowest BCUT2D eigenvalue weighted by atomic mass is 10.1. The second-order valence-corrected chi connectivity index (χ2v) is 5.02. The molecule has 20 heavy (non-hydrogen) atoms. The van der Waals surface area contributed by atoms with E-state index in [1.165, 1.54) is 4.57 Å². The third kappa shape index (κ3) is 2.89. The molecule has 2 rings (SSSR count). The topological polar surface area (TPSA) is 79.6 Å². The summed E-state index contributed by atoms with van der Waals surface area (Å²) in [7, 11) is 0. The van der Waals surface area contributed by atoms with Gasteiger partial charge in [0.1, 0.15) is 5.56 Å². The normalized spacial score (nSPS) is 14.8. The van der Waals surface area contributed by atoms with Gasteiger partial charge < -0.3 is 14.6 Å². The Morgan fingerprint density at radius 1 is 1.35 bits per heavy atom. The first-order valence-corrected chi connectivity index (χ1v) is 6.72. The van der Waals surface area contributed by atoms with Crippen LogP contribution >= 0.6 is 0 Å². The van der Waals surface area contributed by atoms with Crippen molar-refractivity contribution < 1.29 is 14.7 Å². The smallest absolute Gasteiger partial charge is 0.341 e. The minimum absolute atomic E-state index is 0.160. The van der Waals surface area contributed by atoms with E-state index in [9.17, 15) is 14.4 Å². The fourth-order valence-electron chi connectivity index (χ4n) is 2.47. The predicted molar refractivity (Wildman–Crippen MR) is 72.8 cm³/mol. The van der Waals surface area contributed by atoms with Crippen LogP contribution in [0.5, 0.6) is 0 Å². The number of amides is 1. The Labute approximate surface area is 116 Å². The molecule has 0 radical (unpaired) electrons. The van der Waals surface area contributed by atoms with Crippen molar-refractivity contribution in [1.29, 1.82) is 0 Å². The van der Waals surface area contributed by atoms with E-state index < -0.39 is 11.5 Å². The number of aryl methyl sites for hydroxylation is 2. The summed E-state index contributed by atoms with van der Waals surface area (Å²) in [5.41, 5.74) is -0.191. The molecule has 1 amide bonds. The average Bonchev–Trinajstić information content (AvgIpc) is 2.78. The maximum atomic E-state index is 12.0. The molecule has 6 nitrogen and oxygen atoms in total. The summed E-state index contributed by atoms with van der Waals surface area (Å²) < 4.78 is 1.40. The summed E-state index contributed by atoms with van der Waals surface area (Å²) in [6.45, 7) is 3.42. The van der Waals surface area contributed by atoms with Gasteiger partial charge in [0.2, 0.25) is 5.91 Å². The maximum Gasteiger partial charge on any atom is 0.341 e. The van der Waals surface area contributed by atoms with E-state index in [0.717, 1.165) is 13.0 Å². The number of aromatic nitrogens is 1. The standard InChI is InChI=1S/C14H18N2O4/c1-10-5-9-16(13(18)12(10)14(19)20)8-3-7-15-6-2-4-11(15)17/h5,9H,2-4,6-8H2,1H3,(H,19,20). The Balaban J connectivity index is 2.03. The van der Waals surface area contributed by atoms with Crippen molar-refractivity contribution in [2.45, 2.75) is 32.7 Å². The average molecular weight is 278 g/mol. The minimum atomic E-state index is -1.20. The van der Waals surface area contributed by atoms with Crippen LogP contribution in [0.4, 0.5) is 0 Å². The molecule has 1 saturated heterocycles. The molecule has 0 aliphatic carbocycles. The molecule has 0 aromatic carbocycles. The molecule has 1 aromatic rings. The van der Waals surface area contributed by atoms with E-state index in [0.29, 0.717) is 31.5 Å². The number of nitrogens with zero attached hydrogens (tertiary/aromatic N) is 2. The molecule has 2 heterocycles. The van der Waals surface area contributed by atoms with Crippen LogP contribution in [0.25, 0.3) is 0 Å². The van der Waals surface area contributed by atoms with E-state index >= 15 is 0 Å². The lowest BCUT2D eigenvalue weighted by Gasteiger charge is -2.15. The number of carbonyl (C=O) groups excluding carboxylic acids is 1. The van der Waals surface area contributed by atoms with Crippen molar-refractivity contribution in [3.63, 3.8) is 0 Å². The molecule has 108 valence electrons. The number of hydrogen-bond donors (Lipinski definition) is 1. The molecule has 1 aromatic heterocycles. The molecule has 1 N–H and O–H groups in total. The number of aromatic carboxylic acids is 1. The molecule has 0 spiro atoms. The molecular weight excluding hydrogens is 260 g/mol. The maximum absolute atomic E-state index is 12.0. The van der Waals surface area contributed by atoms with E-state index in [1.807, 2.05) is 0 Å². The van der Waals surface area contributed by atoms with Crippen LogP contribution in [-0.4, -0.2) is 39.5 Å². The van der Waals surface area contributed by atoms with Gasteiger partial charge in [-0.2, -0.15) is 0 Å². The lowest BCUT2D eigenvalue weighted by Crippen LogP contribution is -2.30. The highest BCUT2D eigenvalue weighted by Crippen LogP contribution is 2.10. The molecule has 0 atom stereocenters. The van der Waals surface area contributed by atoms with Gasteiger partial charge in [-0.15, -0.1) is 0 Å². The lowest BCUT2D eigenvalue weighted by molar-refractivity contribution is -0.127. The molecule has 0 bridgehead atoms. The highest BCUT2D eigenvalue weighted by Gasteiger charge is 2.19. The zero-order chi connectivity index (χ0) is 14.7. The zero-order valence-electron chi connectivity index (χ0n) is 11.5. The van der Waals surface area contributed by atoms with Crippen LogP contribution in [0.1, 0.15) is 35.2 Å². The van der Waals surface area contributed by atoms with Gasteiger partial charge in [-0.05, 0) is 31.4 Å². The SMILES string of the molecule is Cc1ccn(CCCN2CCCC2=O)c(=O)c1C(=O)O. The summed E-state index contributed by atoms with van der Waals surface area (Å²) in [5, 5.41) is 9.04. The van der Waals surface area contributed by atoms with E-state index in [-0.39, 0.29) is 11.5 Å². The molecule has 0 saturated carbocycles. The Bertz CT molecular complexity index is 591. The zero-order valence-corrected chi connectivity index (χ0v) is 11.5. The van der Waals surface area contributed by atoms with Crippen LogP contribution in [0.15, 0.2) is 17.1 Å². The molecular formula is C14H18N2O4. The molecule has 6 heteroatoms. The fraction of sp³-hybridized carbons (Fsp3) is 0.500. The first-order chi connectivity index (χ1) is 9.50. The Kier molecular flexibility index (Phi) is 4.22. The number of hydrogen-bond acceptors (Lipinski definition) is 3. The molecule has 1 aliphatic rings. The van der Waals surface area contributed by atoms with Crippen molar-refractivity contribution in [2.24, 2.45) is 0 Å². The first-order valence-electron chi connectivity index (χ1n) is 6.72. The number of carboxylic acid groups (broad SMARTS) is 1. The minimum Gasteiger partial charge on any atom is -0.477 e. The summed E-state index contributed by atoms with van der Waals surface area (Å²) in [5.74, 6) is -1.04. The Morgan fingerprint density at radius 3 is 2.70 bits per heavy atom. The fourth-order valence-corrected chi connectivity index (χ4v) is 2.47. The van der Waals surface area contributed by atoms with Crippen molar-refractivity contribution in [2.75, 3.05) is 13.1 Å². The largest absolute Gasteiger partial charge is 0.477 e. The number of rotatable bonds is 5. The summed E-state index contributed by atoms with van der Waals surface area (Å²) in [4.78, 5) is 36.3. The van der Waals surface area contributed by atoms with Crippen LogP contribution in [0.2, 0.25) is 0 Å². The predicted octanol–water partition coefficient (Wildman–Crippen LogP) is 0.867. The van der Waals surface area contributed by atoms with E-state index in [1.54, 1.807) is 24.1 Å². The van der Waals surface area contributed by atoms with Crippen molar-refractivity contribution in [3.05, 3.63) is 33.7 Å². The van der Waals surface area contributed by atoms with Crippen LogP contribution in [0.3, 0.4) is 0 Å². The third-order valence-corrected chi connectivity index (χ3v) is 3.59. The quantitative estimate of drug-likeness (QED) is 0.866. The summed E-state index contributed by atoms with van der Waals surface area (Å²) in [6.07, 6.45) is 3.75. The number of carbonyl (C=O) groups is 2. The summed E-state index contributed by atoms with van der Waals surface area (Å²) >= 11 is 0. The van der Waals surface area contributed by atoms with Gasteiger partial charge in [0, 0.05) is 32.3 Å². The highest BCUT2D eigenvalue weighted by molar-refractivity contribution is 5.88. The molecule has 0 unspecified atom stereocenters. The monoisotopic (exact) mass is 278 g/mol. The van der Waals surface area contributed by atoms with Crippen LogP contribution in [-0.2, 0) is 11.3 Å². The first kappa shape index (κ1) is 14.3. The van der Waals surface area contributed by atoms with Gasteiger partial charge in [-0.25, -0.2) is 4.79 Å². The second-order valence-electron chi connectivity index (χ2n) is 5.02. The van der Waals surface area contributed by atoms with E-state index in [2.05, 4.69) is 0 Å². The van der Waals surface area contributed by atoms with Crippen LogP contribution < -0.4 is 5.56 Å². The highest BCUT2D eigenvalue weighted by atomic mass is 16.4. The van der Waals surface area contributed by atoms with Crippen molar-refractivity contribution >= 4 is 11.9 Å². The van der Waals surface area contributed by atoms with Crippen molar-refractivity contribution in [1.82, 2.24) is 9.47 Å². The number of pyridine rings is 1.